The first-order valence-electron chi connectivity index (χ1n) is 8.39. The molecule has 2 rings (SSSR count). The fraction of sp³-hybridized carbons (Fsp3) is 0.444. The Hall–Kier alpha value is -1.70. The molecule has 9 heteroatoms. The third kappa shape index (κ3) is 5.40. The molecule has 0 aliphatic rings. The van der Waals surface area contributed by atoms with Crippen molar-refractivity contribution >= 4 is 41.6 Å². The molecule has 2 aromatic rings. The molecule has 0 aliphatic carbocycles. The highest BCUT2D eigenvalue weighted by Gasteiger charge is 2.21. The van der Waals surface area contributed by atoms with Crippen LogP contribution in [0.4, 0.5) is 0 Å². The van der Waals surface area contributed by atoms with E-state index in [0.29, 0.717) is 39.6 Å². The van der Waals surface area contributed by atoms with Gasteiger partial charge in [-0.1, -0.05) is 57.8 Å². The number of aromatic amines is 1. The number of H-pyrrole nitrogens is 1. The van der Waals surface area contributed by atoms with Crippen LogP contribution in [-0.4, -0.2) is 27.7 Å². The van der Waals surface area contributed by atoms with Gasteiger partial charge >= 0.3 is 0 Å². The van der Waals surface area contributed by atoms with Gasteiger partial charge < -0.3 is 4.74 Å². The van der Waals surface area contributed by atoms with Crippen molar-refractivity contribution in [3.05, 3.63) is 48.6 Å². The molecule has 0 unspecified atom stereocenters. The van der Waals surface area contributed by atoms with E-state index in [9.17, 15) is 4.79 Å². The molecular formula is C18H22Cl2N4O2S. The molecule has 0 fully saturated rings. The van der Waals surface area contributed by atoms with Crippen LogP contribution in [0.25, 0.3) is 0 Å². The molecule has 1 aromatic heterocycles. The highest BCUT2D eigenvalue weighted by molar-refractivity contribution is 7.71. The standard InChI is InChI=1S/C18H22Cl2N4O2S/c1-10(2)9-26-14-12(19)6-11(7-13(14)20)8-21-24-16(25)15(18(3,4)5)22-23-17(24)27/h6-8,10H,9H2,1-5H3,(H,23,27)/b21-8-. The number of ether oxygens (including phenoxy) is 1. The van der Waals surface area contributed by atoms with Gasteiger partial charge in [0.25, 0.3) is 5.56 Å². The molecule has 0 spiro atoms. The van der Waals surface area contributed by atoms with Gasteiger partial charge in [0.15, 0.2) is 5.75 Å². The molecule has 1 aromatic carbocycles. The van der Waals surface area contributed by atoms with E-state index in [-0.39, 0.29) is 10.3 Å². The maximum absolute atomic E-state index is 12.6. The van der Waals surface area contributed by atoms with Crippen LogP contribution in [0.5, 0.6) is 5.75 Å². The van der Waals surface area contributed by atoms with Crippen LogP contribution >= 0.6 is 35.4 Å². The lowest BCUT2D eigenvalue weighted by atomic mass is 9.93. The second-order valence-corrected chi connectivity index (χ2v) is 8.71. The van der Waals surface area contributed by atoms with Crippen LogP contribution in [0.2, 0.25) is 10.0 Å². The fourth-order valence-electron chi connectivity index (χ4n) is 2.15. The zero-order chi connectivity index (χ0) is 20.4. The average molecular weight is 429 g/mol. The van der Waals surface area contributed by atoms with Gasteiger partial charge in [0.1, 0.15) is 5.69 Å². The summed E-state index contributed by atoms with van der Waals surface area (Å²) in [5, 5.41) is 11.6. The average Bonchev–Trinajstić information content (AvgIpc) is 2.52. The van der Waals surface area contributed by atoms with Gasteiger partial charge in [-0.3, -0.25) is 9.89 Å². The molecule has 6 nitrogen and oxygen atoms in total. The predicted molar refractivity (Wildman–Crippen MR) is 112 cm³/mol. The monoisotopic (exact) mass is 428 g/mol. The van der Waals surface area contributed by atoms with Gasteiger partial charge in [-0.15, -0.1) is 0 Å². The Morgan fingerprint density at radius 2 is 1.93 bits per heavy atom. The molecule has 27 heavy (non-hydrogen) atoms. The van der Waals surface area contributed by atoms with Gasteiger partial charge in [0, 0.05) is 5.41 Å². The number of aromatic nitrogens is 3. The summed E-state index contributed by atoms with van der Waals surface area (Å²) in [5.41, 5.74) is 0.117. The highest BCUT2D eigenvalue weighted by Crippen LogP contribution is 2.34. The molecule has 0 saturated heterocycles. The molecule has 1 heterocycles. The van der Waals surface area contributed by atoms with E-state index in [1.54, 1.807) is 12.1 Å². The van der Waals surface area contributed by atoms with Crippen molar-refractivity contribution < 1.29 is 4.74 Å². The smallest absolute Gasteiger partial charge is 0.297 e. The van der Waals surface area contributed by atoms with E-state index >= 15 is 0 Å². The van der Waals surface area contributed by atoms with Crippen molar-refractivity contribution in [3.63, 3.8) is 0 Å². The Morgan fingerprint density at radius 3 is 2.44 bits per heavy atom. The molecule has 0 bridgehead atoms. The van der Waals surface area contributed by atoms with Crippen molar-refractivity contribution in [2.45, 2.75) is 40.0 Å². The third-order valence-electron chi connectivity index (χ3n) is 3.46. The van der Waals surface area contributed by atoms with E-state index in [4.69, 9.17) is 40.2 Å². The molecule has 0 atom stereocenters. The van der Waals surface area contributed by atoms with Crippen LogP contribution < -0.4 is 10.3 Å². The number of nitrogens with zero attached hydrogens (tertiary/aromatic N) is 3. The van der Waals surface area contributed by atoms with E-state index in [2.05, 4.69) is 15.3 Å². The fourth-order valence-corrected chi connectivity index (χ4v) is 2.94. The number of hydrogen-bond donors (Lipinski definition) is 1. The van der Waals surface area contributed by atoms with Crippen LogP contribution in [0.15, 0.2) is 22.0 Å². The molecular weight excluding hydrogens is 407 g/mol. The first kappa shape index (κ1) is 21.6. The molecule has 146 valence electrons. The number of benzene rings is 1. The Labute approximate surface area is 173 Å². The number of halogens is 2. The van der Waals surface area contributed by atoms with Crippen molar-refractivity contribution in [1.82, 2.24) is 14.9 Å². The SMILES string of the molecule is CC(C)COc1c(Cl)cc(/C=N\n2c(=S)[nH]nc(C(C)(C)C)c2=O)cc1Cl. The summed E-state index contributed by atoms with van der Waals surface area (Å²) in [6.45, 7) is 10.2. The number of nitrogens with one attached hydrogen (secondary N) is 1. The van der Waals surface area contributed by atoms with Crippen LogP contribution in [0.1, 0.15) is 45.9 Å². The second-order valence-electron chi connectivity index (χ2n) is 7.51. The Bertz CT molecular complexity index is 952. The largest absolute Gasteiger partial charge is 0.490 e. The topological polar surface area (TPSA) is 72.3 Å². The number of hydrogen-bond acceptors (Lipinski definition) is 5. The summed E-state index contributed by atoms with van der Waals surface area (Å²) in [6.07, 6.45) is 1.46. The van der Waals surface area contributed by atoms with E-state index in [1.807, 2.05) is 34.6 Å². The molecule has 0 amide bonds. The van der Waals surface area contributed by atoms with Gasteiger partial charge in [0.2, 0.25) is 4.77 Å². The maximum Gasteiger partial charge on any atom is 0.297 e. The summed E-state index contributed by atoms with van der Waals surface area (Å²) in [5.74, 6) is 0.772. The lowest BCUT2D eigenvalue weighted by molar-refractivity contribution is 0.271. The Kier molecular flexibility index (Phi) is 6.83. The summed E-state index contributed by atoms with van der Waals surface area (Å²) in [6, 6.07) is 3.33. The van der Waals surface area contributed by atoms with Crippen LogP contribution in [0, 0.1) is 10.7 Å². The molecule has 0 aliphatic heterocycles. The van der Waals surface area contributed by atoms with E-state index < -0.39 is 5.41 Å². The second kappa shape index (κ2) is 8.54. The summed E-state index contributed by atoms with van der Waals surface area (Å²) in [4.78, 5) is 12.6. The highest BCUT2D eigenvalue weighted by atomic mass is 35.5. The summed E-state index contributed by atoms with van der Waals surface area (Å²) < 4.78 is 6.83. The molecule has 0 radical (unpaired) electrons. The van der Waals surface area contributed by atoms with Gasteiger partial charge in [0.05, 0.1) is 22.9 Å². The number of rotatable bonds is 5. The van der Waals surface area contributed by atoms with Crippen molar-refractivity contribution in [2.24, 2.45) is 11.0 Å². The minimum absolute atomic E-state index is 0.0957. The van der Waals surface area contributed by atoms with Gasteiger partial charge in [-0.25, -0.2) is 0 Å². The lowest BCUT2D eigenvalue weighted by Gasteiger charge is -2.16. The third-order valence-corrected chi connectivity index (χ3v) is 4.29. The normalized spacial score (nSPS) is 12.1. The first-order chi connectivity index (χ1) is 12.5. The zero-order valence-corrected chi connectivity index (χ0v) is 18.2. The van der Waals surface area contributed by atoms with Crippen LogP contribution in [0.3, 0.4) is 0 Å². The first-order valence-corrected chi connectivity index (χ1v) is 9.55. The van der Waals surface area contributed by atoms with E-state index in [0.717, 1.165) is 4.68 Å². The minimum atomic E-state index is -0.449. The lowest BCUT2D eigenvalue weighted by Crippen LogP contribution is -2.32. The van der Waals surface area contributed by atoms with Crippen LogP contribution in [-0.2, 0) is 5.41 Å². The Morgan fingerprint density at radius 1 is 1.33 bits per heavy atom. The Balaban J connectivity index is 2.39. The summed E-state index contributed by atoms with van der Waals surface area (Å²) in [7, 11) is 0. The van der Waals surface area contributed by atoms with Crippen molar-refractivity contribution in [2.75, 3.05) is 6.61 Å². The summed E-state index contributed by atoms with van der Waals surface area (Å²) >= 11 is 17.7. The molecule has 0 saturated carbocycles. The van der Waals surface area contributed by atoms with Crippen molar-refractivity contribution in [3.8, 4) is 5.75 Å². The van der Waals surface area contributed by atoms with Gasteiger partial charge in [-0.05, 0) is 35.8 Å². The maximum atomic E-state index is 12.6. The quantitative estimate of drug-likeness (QED) is 0.546. The van der Waals surface area contributed by atoms with Gasteiger partial charge in [-0.2, -0.15) is 14.9 Å². The predicted octanol–water partition coefficient (Wildman–Crippen LogP) is 4.82. The molecule has 1 N–H and O–H groups in total. The van der Waals surface area contributed by atoms with E-state index in [1.165, 1.54) is 6.21 Å². The van der Waals surface area contributed by atoms with Crippen molar-refractivity contribution in [1.29, 1.82) is 0 Å². The minimum Gasteiger partial charge on any atom is -0.490 e. The zero-order valence-electron chi connectivity index (χ0n) is 15.8.